The molecule has 0 N–H and O–H groups in total. The first-order valence-corrected chi connectivity index (χ1v) is 7.79. The zero-order valence-electron chi connectivity index (χ0n) is 12.7. The third-order valence-corrected chi connectivity index (χ3v) is 3.70. The Balaban J connectivity index is 2.58. The van der Waals surface area contributed by atoms with Gasteiger partial charge in [0.15, 0.2) is 0 Å². The van der Waals surface area contributed by atoms with Gasteiger partial charge in [-0.25, -0.2) is 0 Å². The van der Waals surface area contributed by atoms with Crippen molar-refractivity contribution in [1.82, 2.24) is 4.90 Å². The summed E-state index contributed by atoms with van der Waals surface area (Å²) < 4.78 is 0. The van der Waals surface area contributed by atoms with Crippen LogP contribution < -0.4 is 4.90 Å². The molecular weight excluding hydrogens is 272 g/mol. The number of amides is 1. The molecule has 20 heavy (non-hydrogen) atoms. The first kappa shape index (κ1) is 16.8. The second-order valence-electron chi connectivity index (χ2n) is 4.88. The molecule has 0 unspecified atom stereocenters. The normalized spacial score (nSPS) is 10.4. The van der Waals surface area contributed by atoms with Gasteiger partial charge in [-0.1, -0.05) is 12.1 Å². The molecule has 1 aromatic rings. The fraction of sp³-hybridized carbons (Fsp3) is 0.562. The summed E-state index contributed by atoms with van der Waals surface area (Å²) >= 11 is 5.61. The second kappa shape index (κ2) is 8.85. The Labute approximate surface area is 127 Å². The summed E-state index contributed by atoms with van der Waals surface area (Å²) in [6, 6.07) is 8.44. The predicted octanol–water partition coefficient (Wildman–Crippen LogP) is 3.51. The maximum Gasteiger partial charge on any atom is 0.222 e. The van der Waals surface area contributed by atoms with E-state index in [1.54, 1.807) is 4.90 Å². The molecule has 0 heterocycles. The zero-order valence-corrected chi connectivity index (χ0v) is 13.5. The first-order valence-electron chi connectivity index (χ1n) is 7.26. The zero-order chi connectivity index (χ0) is 15.0. The Hall–Kier alpha value is -1.22. The van der Waals surface area contributed by atoms with Gasteiger partial charge in [0.25, 0.3) is 0 Å². The van der Waals surface area contributed by atoms with E-state index in [-0.39, 0.29) is 5.91 Å². The molecule has 0 aromatic heterocycles. The quantitative estimate of drug-likeness (QED) is 0.685. The van der Waals surface area contributed by atoms with Crippen LogP contribution in [0.1, 0.15) is 32.3 Å². The van der Waals surface area contributed by atoms with Crippen LogP contribution in [-0.2, 0) is 11.3 Å². The summed E-state index contributed by atoms with van der Waals surface area (Å²) in [4.78, 5) is 15.9. The van der Waals surface area contributed by atoms with Crippen molar-refractivity contribution >= 4 is 23.2 Å². The molecule has 112 valence electrons. The standard InChI is InChI=1S/C16H25ClN2O/c1-4-19(5-2)15-10-8-14(9-11-15)13-18(3)16(20)7-6-12-17/h8-11H,4-7,12-13H2,1-3H3. The number of anilines is 1. The number of hydrogen-bond acceptors (Lipinski definition) is 2. The molecule has 4 heteroatoms. The summed E-state index contributed by atoms with van der Waals surface area (Å²) in [6.45, 7) is 6.97. The van der Waals surface area contributed by atoms with Gasteiger partial charge < -0.3 is 9.80 Å². The first-order chi connectivity index (χ1) is 9.62. The molecule has 0 fully saturated rings. The van der Waals surface area contributed by atoms with Gasteiger partial charge >= 0.3 is 0 Å². The SMILES string of the molecule is CCN(CC)c1ccc(CN(C)C(=O)CCCCl)cc1. The minimum absolute atomic E-state index is 0.151. The van der Waals surface area contributed by atoms with Gasteiger partial charge in [0.2, 0.25) is 5.91 Å². The number of benzene rings is 1. The highest BCUT2D eigenvalue weighted by Gasteiger charge is 2.09. The topological polar surface area (TPSA) is 23.6 Å². The lowest BCUT2D eigenvalue weighted by molar-refractivity contribution is -0.130. The summed E-state index contributed by atoms with van der Waals surface area (Å²) in [6.07, 6.45) is 1.27. The molecule has 0 bridgehead atoms. The number of carbonyl (C=O) groups is 1. The molecule has 0 aliphatic rings. The molecule has 0 saturated carbocycles. The van der Waals surface area contributed by atoms with Crippen molar-refractivity contribution in [2.24, 2.45) is 0 Å². The molecule has 3 nitrogen and oxygen atoms in total. The van der Waals surface area contributed by atoms with Crippen molar-refractivity contribution in [3.63, 3.8) is 0 Å². The fourth-order valence-electron chi connectivity index (χ4n) is 2.17. The molecule has 1 rings (SSSR count). The molecule has 0 aliphatic heterocycles. The Morgan fingerprint density at radius 1 is 1.15 bits per heavy atom. The molecule has 0 atom stereocenters. The van der Waals surface area contributed by atoms with E-state index in [2.05, 4.69) is 43.0 Å². The number of hydrogen-bond donors (Lipinski definition) is 0. The van der Waals surface area contributed by atoms with Crippen molar-refractivity contribution in [2.75, 3.05) is 30.9 Å². The van der Waals surface area contributed by atoms with Crippen molar-refractivity contribution in [1.29, 1.82) is 0 Å². The van der Waals surface area contributed by atoms with Crippen LogP contribution in [0.25, 0.3) is 0 Å². The van der Waals surface area contributed by atoms with Gasteiger partial charge in [-0.2, -0.15) is 0 Å². The van der Waals surface area contributed by atoms with Crippen molar-refractivity contribution in [3.05, 3.63) is 29.8 Å². The molecule has 0 aliphatic carbocycles. The van der Waals surface area contributed by atoms with Crippen LogP contribution in [0.5, 0.6) is 0 Å². The van der Waals surface area contributed by atoms with Gasteiger partial charge in [-0.05, 0) is 38.0 Å². The number of rotatable bonds is 8. The lowest BCUT2D eigenvalue weighted by Gasteiger charge is -2.22. The van der Waals surface area contributed by atoms with E-state index in [4.69, 9.17) is 11.6 Å². The Bertz CT molecular complexity index is 401. The van der Waals surface area contributed by atoms with Crippen molar-refractivity contribution in [3.8, 4) is 0 Å². The maximum absolute atomic E-state index is 11.8. The third-order valence-electron chi connectivity index (χ3n) is 3.43. The van der Waals surface area contributed by atoms with E-state index in [1.807, 2.05) is 7.05 Å². The van der Waals surface area contributed by atoms with E-state index >= 15 is 0 Å². The van der Waals surface area contributed by atoms with Crippen LogP contribution >= 0.6 is 11.6 Å². The van der Waals surface area contributed by atoms with Crippen molar-refractivity contribution < 1.29 is 4.79 Å². The van der Waals surface area contributed by atoms with E-state index in [9.17, 15) is 4.79 Å². The van der Waals surface area contributed by atoms with Gasteiger partial charge in [0, 0.05) is 44.7 Å². The molecule has 0 saturated heterocycles. The summed E-state index contributed by atoms with van der Waals surface area (Å²) in [5.41, 5.74) is 2.39. The maximum atomic E-state index is 11.8. The Morgan fingerprint density at radius 3 is 2.25 bits per heavy atom. The van der Waals surface area contributed by atoms with E-state index in [1.165, 1.54) is 5.69 Å². The summed E-state index contributed by atoms with van der Waals surface area (Å²) in [5, 5.41) is 0. The third kappa shape index (κ3) is 5.04. The molecule has 1 amide bonds. The number of carbonyl (C=O) groups excluding carboxylic acids is 1. The lowest BCUT2D eigenvalue weighted by Crippen LogP contribution is -2.26. The average molecular weight is 297 g/mol. The van der Waals surface area contributed by atoms with E-state index in [0.717, 1.165) is 25.1 Å². The highest BCUT2D eigenvalue weighted by molar-refractivity contribution is 6.17. The molecule has 0 radical (unpaired) electrons. The second-order valence-corrected chi connectivity index (χ2v) is 5.26. The van der Waals surface area contributed by atoms with Gasteiger partial charge in [0.1, 0.15) is 0 Å². The van der Waals surface area contributed by atoms with Crippen LogP contribution in [-0.4, -0.2) is 36.8 Å². The summed E-state index contributed by atoms with van der Waals surface area (Å²) in [7, 11) is 1.84. The minimum atomic E-state index is 0.151. The van der Waals surface area contributed by atoms with Gasteiger partial charge in [-0.3, -0.25) is 4.79 Å². The number of nitrogens with zero attached hydrogens (tertiary/aromatic N) is 2. The van der Waals surface area contributed by atoms with Gasteiger partial charge in [-0.15, -0.1) is 11.6 Å². The van der Waals surface area contributed by atoms with Crippen LogP contribution in [0.3, 0.4) is 0 Å². The lowest BCUT2D eigenvalue weighted by atomic mass is 10.1. The van der Waals surface area contributed by atoms with E-state index < -0.39 is 0 Å². The monoisotopic (exact) mass is 296 g/mol. The predicted molar refractivity (Wildman–Crippen MR) is 86.4 cm³/mol. The largest absolute Gasteiger partial charge is 0.372 e. The smallest absolute Gasteiger partial charge is 0.222 e. The highest BCUT2D eigenvalue weighted by atomic mass is 35.5. The van der Waals surface area contributed by atoms with E-state index in [0.29, 0.717) is 18.8 Å². The van der Waals surface area contributed by atoms with Gasteiger partial charge in [0.05, 0.1) is 0 Å². The number of halogens is 1. The Kier molecular flexibility index (Phi) is 7.45. The minimum Gasteiger partial charge on any atom is -0.372 e. The van der Waals surface area contributed by atoms with Crippen molar-refractivity contribution in [2.45, 2.75) is 33.2 Å². The van der Waals surface area contributed by atoms with Crippen LogP contribution in [0.15, 0.2) is 24.3 Å². The van der Waals surface area contributed by atoms with Crippen LogP contribution in [0.2, 0.25) is 0 Å². The average Bonchev–Trinajstić information content (AvgIpc) is 2.47. The fourth-order valence-corrected chi connectivity index (χ4v) is 2.31. The Morgan fingerprint density at radius 2 is 1.75 bits per heavy atom. The molecule has 0 spiro atoms. The highest BCUT2D eigenvalue weighted by Crippen LogP contribution is 2.16. The summed E-state index contributed by atoms with van der Waals surface area (Å²) in [5.74, 6) is 0.691. The van der Waals surface area contributed by atoms with Crippen LogP contribution in [0.4, 0.5) is 5.69 Å². The van der Waals surface area contributed by atoms with Crippen LogP contribution in [0, 0.1) is 0 Å². The molecule has 1 aromatic carbocycles. The molecular formula is C16H25ClN2O. The number of alkyl halides is 1.